The molecule has 0 bridgehead atoms. The van der Waals surface area contributed by atoms with E-state index < -0.39 is 5.97 Å². The van der Waals surface area contributed by atoms with Crippen LogP contribution in [0.1, 0.15) is 116 Å². The van der Waals surface area contributed by atoms with Gasteiger partial charge in [-0.15, -0.1) is 0 Å². The van der Waals surface area contributed by atoms with Crippen molar-refractivity contribution >= 4 is 5.97 Å². The lowest BCUT2D eigenvalue weighted by Crippen LogP contribution is -2.34. The Hall–Kier alpha value is -0.570. The van der Waals surface area contributed by atoms with Gasteiger partial charge < -0.3 is 10.4 Å². The van der Waals surface area contributed by atoms with E-state index in [4.69, 9.17) is 0 Å². The lowest BCUT2D eigenvalue weighted by Gasteiger charge is -2.28. The van der Waals surface area contributed by atoms with Gasteiger partial charge in [-0.2, -0.15) is 0 Å². The predicted octanol–water partition coefficient (Wildman–Crippen LogP) is 6.56. The number of piperidine rings is 1. The van der Waals surface area contributed by atoms with Crippen molar-refractivity contribution in [1.82, 2.24) is 5.32 Å². The number of aliphatic carboxylic acids is 1. The maximum Gasteiger partial charge on any atom is 0.306 e. The van der Waals surface area contributed by atoms with Crippen LogP contribution in [0, 0.1) is 11.8 Å². The summed E-state index contributed by atoms with van der Waals surface area (Å²) in [5.41, 5.74) is 0. The van der Waals surface area contributed by atoms with Gasteiger partial charge in [0.15, 0.2) is 0 Å². The zero-order valence-corrected chi connectivity index (χ0v) is 17.4. The fourth-order valence-corrected chi connectivity index (χ4v) is 4.37. The lowest BCUT2D eigenvalue weighted by molar-refractivity contribution is -0.144. The third-order valence-electron chi connectivity index (χ3n) is 6.14. The Labute approximate surface area is 162 Å². The van der Waals surface area contributed by atoms with E-state index in [9.17, 15) is 9.90 Å². The molecule has 0 amide bonds. The second-order valence-electron chi connectivity index (χ2n) is 8.42. The molecule has 1 rings (SSSR count). The molecule has 0 saturated carbocycles. The molecular weight excluding hydrogens is 322 g/mol. The maximum absolute atomic E-state index is 11.5. The van der Waals surface area contributed by atoms with Gasteiger partial charge in [-0.1, -0.05) is 96.8 Å². The summed E-state index contributed by atoms with van der Waals surface area (Å²) in [6.45, 7) is 4.26. The van der Waals surface area contributed by atoms with E-state index in [0.717, 1.165) is 38.8 Å². The summed E-state index contributed by atoms with van der Waals surface area (Å²) in [7, 11) is 0. The minimum atomic E-state index is -0.563. The monoisotopic (exact) mass is 367 g/mol. The quantitative estimate of drug-likeness (QED) is 0.286. The van der Waals surface area contributed by atoms with Crippen LogP contribution in [0.4, 0.5) is 0 Å². The second kappa shape index (κ2) is 16.6. The molecule has 1 heterocycles. The van der Waals surface area contributed by atoms with E-state index in [2.05, 4.69) is 12.2 Å². The third kappa shape index (κ3) is 11.9. The number of nitrogens with one attached hydrogen (secondary N) is 1. The van der Waals surface area contributed by atoms with Crippen LogP contribution in [-0.2, 0) is 4.79 Å². The molecule has 0 aromatic rings. The Balaban J connectivity index is 1.88. The largest absolute Gasteiger partial charge is 0.481 e. The molecular formula is C23H45NO2. The van der Waals surface area contributed by atoms with Crippen molar-refractivity contribution in [3.8, 4) is 0 Å². The molecule has 3 nitrogen and oxygen atoms in total. The molecule has 0 radical (unpaired) electrons. The number of carboxylic acids is 1. The molecule has 0 aromatic heterocycles. The highest BCUT2D eigenvalue weighted by molar-refractivity contribution is 5.70. The van der Waals surface area contributed by atoms with Crippen LogP contribution in [0.5, 0.6) is 0 Å². The van der Waals surface area contributed by atoms with Gasteiger partial charge in [-0.25, -0.2) is 0 Å². The molecule has 1 aliphatic rings. The van der Waals surface area contributed by atoms with Gasteiger partial charge in [0.2, 0.25) is 0 Å². The van der Waals surface area contributed by atoms with Crippen molar-refractivity contribution in [3.63, 3.8) is 0 Å². The predicted molar refractivity (Wildman–Crippen MR) is 112 cm³/mol. The Bertz CT molecular complexity index is 326. The maximum atomic E-state index is 11.5. The number of rotatable bonds is 17. The zero-order chi connectivity index (χ0) is 18.9. The van der Waals surface area contributed by atoms with E-state index in [1.165, 1.54) is 83.5 Å². The van der Waals surface area contributed by atoms with Gasteiger partial charge >= 0.3 is 5.97 Å². The standard InChI is InChI=1S/C23H45NO2/c1-2-3-4-5-6-7-8-9-10-11-12-13-14-15-16-22(23(25)26)21-17-19-24-20-18-21/h21-22,24H,2-20H2,1H3,(H,25,26). The van der Waals surface area contributed by atoms with E-state index in [-0.39, 0.29) is 5.92 Å². The number of hydrogen-bond acceptors (Lipinski definition) is 2. The molecule has 1 saturated heterocycles. The van der Waals surface area contributed by atoms with Crippen molar-refractivity contribution < 1.29 is 9.90 Å². The summed E-state index contributed by atoms with van der Waals surface area (Å²) in [4.78, 5) is 11.5. The highest BCUT2D eigenvalue weighted by Crippen LogP contribution is 2.27. The second-order valence-corrected chi connectivity index (χ2v) is 8.42. The molecule has 1 aliphatic heterocycles. The summed E-state index contributed by atoms with van der Waals surface area (Å²) < 4.78 is 0. The molecule has 154 valence electrons. The normalized spacial score (nSPS) is 16.7. The zero-order valence-electron chi connectivity index (χ0n) is 17.4. The van der Waals surface area contributed by atoms with Gasteiger partial charge in [-0.3, -0.25) is 4.79 Å². The first-order valence-electron chi connectivity index (χ1n) is 11.7. The van der Waals surface area contributed by atoms with Crippen LogP contribution in [0.25, 0.3) is 0 Å². The average molecular weight is 368 g/mol. The minimum Gasteiger partial charge on any atom is -0.481 e. The summed E-state index contributed by atoms with van der Waals surface area (Å²) in [5.74, 6) is -0.267. The number of hydrogen-bond donors (Lipinski definition) is 2. The van der Waals surface area contributed by atoms with Gasteiger partial charge in [-0.05, 0) is 38.3 Å². The first-order valence-corrected chi connectivity index (χ1v) is 11.7. The molecule has 1 atom stereocenters. The van der Waals surface area contributed by atoms with Gasteiger partial charge in [0.05, 0.1) is 5.92 Å². The molecule has 3 heteroatoms. The van der Waals surface area contributed by atoms with Crippen LogP contribution < -0.4 is 5.32 Å². The van der Waals surface area contributed by atoms with Gasteiger partial charge in [0, 0.05) is 0 Å². The first-order chi connectivity index (χ1) is 12.8. The van der Waals surface area contributed by atoms with E-state index in [0.29, 0.717) is 5.92 Å². The molecule has 1 unspecified atom stereocenters. The van der Waals surface area contributed by atoms with Crippen LogP contribution >= 0.6 is 0 Å². The summed E-state index contributed by atoms with van der Waals surface area (Å²) in [6, 6.07) is 0. The van der Waals surface area contributed by atoms with Crippen molar-refractivity contribution in [2.75, 3.05) is 13.1 Å². The fourth-order valence-electron chi connectivity index (χ4n) is 4.37. The summed E-state index contributed by atoms with van der Waals surface area (Å²) >= 11 is 0. The molecule has 2 N–H and O–H groups in total. The Morgan fingerprint density at radius 1 is 0.808 bits per heavy atom. The van der Waals surface area contributed by atoms with E-state index >= 15 is 0 Å². The van der Waals surface area contributed by atoms with Crippen molar-refractivity contribution in [1.29, 1.82) is 0 Å². The van der Waals surface area contributed by atoms with Crippen LogP contribution in [0.3, 0.4) is 0 Å². The van der Waals surface area contributed by atoms with E-state index in [1.807, 2.05) is 0 Å². The van der Waals surface area contributed by atoms with Crippen LogP contribution in [0.2, 0.25) is 0 Å². The molecule has 0 aromatic carbocycles. The summed E-state index contributed by atoms with van der Waals surface area (Å²) in [5, 5.41) is 12.8. The molecule has 0 aliphatic carbocycles. The van der Waals surface area contributed by atoms with Crippen molar-refractivity contribution in [2.45, 2.75) is 116 Å². The van der Waals surface area contributed by atoms with E-state index in [1.54, 1.807) is 0 Å². The lowest BCUT2D eigenvalue weighted by atomic mass is 9.81. The molecule has 1 fully saturated rings. The Morgan fingerprint density at radius 3 is 1.65 bits per heavy atom. The number of carbonyl (C=O) groups is 1. The van der Waals surface area contributed by atoms with Crippen LogP contribution in [-0.4, -0.2) is 24.2 Å². The topological polar surface area (TPSA) is 49.3 Å². The highest BCUT2D eigenvalue weighted by Gasteiger charge is 2.28. The van der Waals surface area contributed by atoms with Gasteiger partial charge in [0.25, 0.3) is 0 Å². The Kier molecular flexibility index (Phi) is 15.0. The van der Waals surface area contributed by atoms with Crippen molar-refractivity contribution in [3.05, 3.63) is 0 Å². The van der Waals surface area contributed by atoms with Gasteiger partial charge in [0.1, 0.15) is 0 Å². The highest BCUT2D eigenvalue weighted by atomic mass is 16.4. The number of carboxylic acid groups (broad SMARTS) is 1. The molecule has 0 spiro atoms. The number of unbranched alkanes of at least 4 members (excludes halogenated alkanes) is 13. The van der Waals surface area contributed by atoms with Crippen LogP contribution in [0.15, 0.2) is 0 Å². The summed E-state index contributed by atoms with van der Waals surface area (Å²) in [6.07, 6.45) is 21.9. The third-order valence-corrected chi connectivity index (χ3v) is 6.14. The first kappa shape index (κ1) is 23.5. The minimum absolute atomic E-state index is 0.102. The molecule has 26 heavy (non-hydrogen) atoms. The average Bonchev–Trinajstić information content (AvgIpc) is 2.65. The fraction of sp³-hybridized carbons (Fsp3) is 0.957. The Morgan fingerprint density at radius 2 is 1.23 bits per heavy atom. The SMILES string of the molecule is CCCCCCCCCCCCCCCCC(C(=O)O)C1CCNCC1. The smallest absolute Gasteiger partial charge is 0.306 e. The van der Waals surface area contributed by atoms with Crippen molar-refractivity contribution in [2.24, 2.45) is 11.8 Å².